The highest BCUT2D eigenvalue weighted by atomic mass is 35.5. The maximum atomic E-state index is 12.0. The molecule has 1 aliphatic rings. The molecule has 1 saturated carbocycles. The molecule has 20 heavy (non-hydrogen) atoms. The van der Waals surface area contributed by atoms with Crippen molar-refractivity contribution in [2.24, 2.45) is 11.8 Å². The highest BCUT2D eigenvalue weighted by Crippen LogP contribution is 2.50. The molecule has 110 valence electrons. The summed E-state index contributed by atoms with van der Waals surface area (Å²) in [6.45, 7) is 4.13. The van der Waals surface area contributed by atoms with Gasteiger partial charge >= 0.3 is 0 Å². The average Bonchev–Trinajstić information content (AvgIpc) is 3.18. The molecule has 0 saturated heterocycles. The molecule has 0 aliphatic heterocycles. The number of amides is 1. The van der Waals surface area contributed by atoms with Crippen molar-refractivity contribution in [3.63, 3.8) is 0 Å². The molecule has 2 N–H and O–H groups in total. The molecule has 1 aromatic rings. The first kappa shape index (κ1) is 15.6. The fourth-order valence-corrected chi connectivity index (χ4v) is 2.66. The number of carbonyl (C=O) groups is 1. The maximum absolute atomic E-state index is 12.0. The molecule has 2 rings (SSSR count). The molecule has 3 nitrogen and oxygen atoms in total. The monoisotopic (exact) mass is 315 g/mol. The quantitative estimate of drug-likeness (QED) is 0.876. The molecule has 0 spiro atoms. The van der Waals surface area contributed by atoms with E-state index in [0.29, 0.717) is 16.6 Å². The topological polar surface area (TPSA) is 49.3 Å². The zero-order chi connectivity index (χ0) is 14.9. The number of hydrogen-bond donors (Lipinski definition) is 2. The Balaban J connectivity index is 1.91. The van der Waals surface area contributed by atoms with Gasteiger partial charge in [0.25, 0.3) is 0 Å². The van der Waals surface area contributed by atoms with Gasteiger partial charge in [0.15, 0.2) is 0 Å². The lowest BCUT2D eigenvalue weighted by Gasteiger charge is -2.15. The lowest BCUT2D eigenvalue weighted by molar-refractivity contribution is -0.123. The van der Waals surface area contributed by atoms with Gasteiger partial charge in [-0.2, -0.15) is 0 Å². The predicted molar refractivity (Wildman–Crippen MR) is 81.2 cm³/mol. The fraction of sp³-hybridized carbons (Fsp3) is 0.533. The van der Waals surface area contributed by atoms with Gasteiger partial charge in [0.1, 0.15) is 0 Å². The third-order valence-electron chi connectivity index (χ3n) is 3.76. The van der Waals surface area contributed by atoms with Gasteiger partial charge in [-0.3, -0.25) is 4.79 Å². The van der Waals surface area contributed by atoms with E-state index in [9.17, 15) is 9.90 Å². The SMILES string of the molecule is CC(C)C(O)CNC(=O)C1CC1c1cccc(Cl)c1Cl. The summed E-state index contributed by atoms with van der Waals surface area (Å²) in [5.74, 6) is 0.182. The Morgan fingerprint density at radius 1 is 1.45 bits per heavy atom. The van der Waals surface area contributed by atoms with Crippen LogP contribution in [0.2, 0.25) is 10.0 Å². The van der Waals surface area contributed by atoms with Crippen LogP contribution in [0.4, 0.5) is 0 Å². The number of carbonyl (C=O) groups excluding carboxylic acids is 1. The summed E-state index contributed by atoms with van der Waals surface area (Å²) in [7, 11) is 0. The Labute approximate surface area is 129 Å². The molecule has 1 aliphatic carbocycles. The van der Waals surface area contributed by atoms with Crippen molar-refractivity contribution in [1.29, 1.82) is 0 Å². The van der Waals surface area contributed by atoms with Crippen LogP contribution in [0.25, 0.3) is 0 Å². The largest absolute Gasteiger partial charge is 0.391 e. The molecular weight excluding hydrogens is 297 g/mol. The van der Waals surface area contributed by atoms with Gasteiger partial charge in [0.05, 0.1) is 16.1 Å². The molecule has 0 radical (unpaired) electrons. The van der Waals surface area contributed by atoms with Gasteiger partial charge in [0.2, 0.25) is 5.91 Å². The molecule has 3 atom stereocenters. The second kappa shape index (κ2) is 6.33. The lowest BCUT2D eigenvalue weighted by Crippen LogP contribution is -2.35. The molecular formula is C15H19Cl2NO2. The zero-order valence-corrected chi connectivity index (χ0v) is 13.1. The molecule has 0 heterocycles. The van der Waals surface area contributed by atoms with E-state index < -0.39 is 6.10 Å². The first-order valence-corrected chi connectivity index (χ1v) is 7.57. The number of nitrogens with one attached hydrogen (secondary N) is 1. The molecule has 0 bridgehead atoms. The first-order chi connectivity index (χ1) is 9.41. The molecule has 1 aromatic carbocycles. The van der Waals surface area contributed by atoms with Gasteiger partial charge in [0, 0.05) is 12.5 Å². The minimum absolute atomic E-state index is 0.0225. The number of aliphatic hydroxyl groups excluding tert-OH is 1. The van der Waals surface area contributed by atoms with Crippen LogP contribution in [0.15, 0.2) is 18.2 Å². The number of benzene rings is 1. The van der Waals surface area contributed by atoms with Crippen molar-refractivity contribution < 1.29 is 9.90 Å². The molecule has 1 fully saturated rings. The Bertz CT molecular complexity index is 505. The third kappa shape index (κ3) is 3.46. The summed E-state index contributed by atoms with van der Waals surface area (Å²) in [6, 6.07) is 5.50. The van der Waals surface area contributed by atoms with Crippen LogP contribution in [0.1, 0.15) is 31.7 Å². The van der Waals surface area contributed by atoms with E-state index in [-0.39, 0.29) is 23.7 Å². The van der Waals surface area contributed by atoms with E-state index in [2.05, 4.69) is 5.32 Å². The second-order valence-electron chi connectivity index (χ2n) is 5.65. The number of aliphatic hydroxyl groups is 1. The van der Waals surface area contributed by atoms with E-state index in [4.69, 9.17) is 23.2 Å². The number of hydrogen-bond acceptors (Lipinski definition) is 2. The smallest absolute Gasteiger partial charge is 0.223 e. The van der Waals surface area contributed by atoms with Crippen LogP contribution in [-0.2, 0) is 4.79 Å². The minimum Gasteiger partial charge on any atom is -0.391 e. The van der Waals surface area contributed by atoms with Crippen LogP contribution >= 0.6 is 23.2 Å². The fourth-order valence-electron chi connectivity index (χ4n) is 2.21. The van der Waals surface area contributed by atoms with Crippen LogP contribution in [0.5, 0.6) is 0 Å². The van der Waals surface area contributed by atoms with E-state index in [1.54, 1.807) is 6.07 Å². The zero-order valence-electron chi connectivity index (χ0n) is 11.6. The highest BCUT2D eigenvalue weighted by Gasteiger charge is 2.45. The van der Waals surface area contributed by atoms with Gasteiger partial charge in [-0.1, -0.05) is 49.2 Å². The van der Waals surface area contributed by atoms with Crippen LogP contribution < -0.4 is 5.32 Å². The number of rotatable bonds is 5. The van der Waals surface area contributed by atoms with Crippen LogP contribution in [0.3, 0.4) is 0 Å². The van der Waals surface area contributed by atoms with E-state index in [0.717, 1.165) is 12.0 Å². The van der Waals surface area contributed by atoms with Crippen molar-refractivity contribution in [3.8, 4) is 0 Å². The first-order valence-electron chi connectivity index (χ1n) is 6.81. The Morgan fingerprint density at radius 3 is 2.80 bits per heavy atom. The van der Waals surface area contributed by atoms with Crippen molar-refractivity contribution in [3.05, 3.63) is 33.8 Å². The van der Waals surface area contributed by atoms with Crippen LogP contribution in [-0.4, -0.2) is 23.7 Å². The van der Waals surface area contributed by atoms with Gasteiger partial charge < -0.3 is 10.4 Å². The van der Waals surface area contributed by atoms with Crippen LogP contribution in [0, 0.1) is 11.8 Å². The molecule has 1 amide bonds. The predicted octanol–water partition coefficient (Wildman–Crippen LogP) is 3.23. The van der Waals surface area contributed by atoms with Gasteiger partial charge in [-0.15, -0.1) is 0 Å². The molecule has 0 aromatic heterocycles. The van der Waals surface area contributed by atoms with Crippen molar-refractivity contribution >= 4 is 29.1 Å². The normalized spacial score (nSPS) is 22.7. The highest BCUT2D eigenvalue weighted by molar-refractivity contribution is 6.42. The van der Waals surface area contributed by atoms with E-state index in [1.165, 1.54) is 0 Å². The average molecular weight is 316 g/mol. The van der Waals surface area contributed by atoms with Crippen molar-refractivity contribution in [1.82, 2.24) is 5.32 Å². The lowest BCUT2D eigenvalue weighted by atomic mass is 10.1. The second-order valence-corrected chi connectivity index (χ2v) is 6.43. The summed E-state index contributed by atoms with van der Waals surface area (Å²) < 4.78 is 0. The van der Waals surface area contributed by atoms with Gasteiger partial charge in [-0.25, -0.2) is 0 Å². The molecule has 5 heteroatoms. The summed E-state index contributed by atoms with van der Waals surface area (Å²) in [6.07, 6.45) is 0.273. The third-order valence-corrected chi connectivity index (χ3v) is 4.60. The summed E-state index contributed by atoms with van der Waals surface area (Å²) in [5.41, 5.74) is 0.934. The maximum Gasteiger partial charge on any atom is 0.223 e. The van der Waals surface area contributed by atoms with E-state index in [1.807, 2.05) is 26.0 Å². The number of halogens is 2. The van der Waals surface area contributed by atoms with Gasteiger partial charge in [-0.05, 0) is 29.9 Å². The van der Waals surface area contributed by atoms with Crippen molar-refractivity contribution in [2.45, 2.75) is 32.3 Å². The summed E-state index contributed by atoms with van der Waals surface area (Å²) in [5, 5.41) is 13.5. The Morgan fingerprint density at radius 2 is 2.15 bits per heavy atom. The summed E-state index contributed by atoms with van der Waals surface area (Å²) >= 11 is 12.1. The standard InChI is InChI=1S/C15H19Cl2NO2/c1-8(2)13(19)7-18-15(20)11-6-10(11)9-4-3-5-12(16)14(9)17/h3-5,8,10-11,13,19H,6-7H2,1-2H3,(H,18,20). The molecule has 3 unspecified atom stereocenters. The van der Waals surface area contributed by atoms with E-state index >= 15 is 0 Å². The Kier molecular flexibility index (Phi) is 4.95. The van der Waals surface area contributed by atoms with Crippen molar-refractivity contribution in [2.75, 3.05) is 6.54 Å². The Hall–Kier alpha value is -0.770. The minimum atomic E-state index is -0.508. The summed E-state index contributed by atoms with van der Waals surface area (Å²) in [4.78, 5) is 12.0.